The summed E-state index contributed by atoms with van der Waals surface area (Å²) < 4.78 is 7.89. The molecule has 6 heteroatoms. The normalized spacial score (nSPS) is 17.1. The predicted octanol–water partition coefficient (Wildman–Crippen LogP) is 3.91. The van der Waals surface area contributed by atoms with Gasteiger partial charge in [-0.25, -0.2) is 0 Å². The Morgan fingerprint density at radius 3 is 2.76 bits per heavy atom. The van der Waals surface area contributed by atoms with Gasteiger partial charge in [-0.1, -0.05) is 30.0 Å². The van der Waals surface area contributed by atoms with Crippen molar-refractivity contribution < 1.29 is 4.74 Å². The minimum absolute atomic E-state index is 0.316. The Balaban J connectivity index is 1.74. The standard InChI is InChI=1S/C19H20N4OS/c1-14-5-2-3-7-17(14)23-18(15-8-10-20-11-9-15)21-22-19(23)25-13-16-6-4-12-24-16/h2-3,5,7-11,16H,4,6,12-13H2,1H3. The van der Waals surface area contributed by atoms with Crippen LogP contribution in [0.5, 0.6) is 0 Å². The van der Waals surface area contributed by atoms with Crippen molar-refractivity contribution in [3.8, 4) is 17.1 Å². The van der Waals surface area contributed by atoms with Gasteiger partial charge >= 0.3 is 0 Å². The third-order valence-electron chi connectivity index (χ3n) is 4.35. The van der Waals surface area contributed by atoms with Gasteiger partial charge in [-0.2, -0.15) is 0 Å². The van der Waals surface area contributed by atoms with Crippen molar-refractivity contribution in [3.05, 3.63) is 54.4 Å². The minimum atomic E-state index is 0.316. The van der Waals surface area contributed by atoms with Crippen LogP contribution in [0, 0.1) is 6.92 Å². The number of aryl methyl sites for hydroxylation is 1. The summed E-state index contributed by atoms with van der Waals surface area (Å²) in [5.74, 6) is 1.74. The van der Waals surface area contributed by atoms with Crippen LogP contribution in [0.3, 0.4) is 0 Å². The molecule has 3 aromatic rings. The van der Waals surface area contributed by atoms with E-state index in [1.54, 1.807) is 24.2 Å². The largest absolute Gasteiger partial charge is 0.377 e. The van der Waals surface area contributed by atoms with Crippen LogP contribution in [-0.2, 0) is 4.74 Å². The Morgan fingerprint density at radius 2 is 2.00 bits per heavy atom. The van der Waals surface area contributed by atoms with Gasteiger partial charge in [-0.15, -0.1) is 10.2 Å². The molecule has 0 radical (unpaired) electrons. The highest BCUT2D eigenvalue weighted by Crippen LogP contribution is 2.30. The SMILES string of the molecule is Cc1ccccc1-n1c(SCC2CCCO2)nnc1-c1ccncc1. The van der Waals surface area contributed by atoms with Crippen molar-refractivity contribution in [1.82, 2.24) is 19.7 Å². The van der Waals surface area contributed by atoms with Crippen molar-refractivity contribution in [1.29, 1.82) is 0 Å². The third kappa shape index (κ3) is 3.45. The Labute approximate surface area is 151 Å². The molecule has 3 heterocycles. The zero-order valence-corrected chi connectivity index (χ0v) is 14.9. The topological polar surface area (TPSA) is 52.8 Å². The van der Waals surface area contributed by atoms with E-state index >= 15 is 0 Å². The zero-order valence-electron chi connectivity index (χ0n) is 14.1. The van der Waals surface area contributed by atoms with Crippen LogP contribution in [0.1, 0.15) is 18.4 Å². The van der Waals surface area contributed by atoms with Gasteiger partial charge in [0.15, 0.2) is 11.0 Å². The fraction of sp³-hybridized carbons (Fsp3) is 0.316. The second kappa shape index (κ2) is 7.37. The second-order valence-corrected chi connectivity index (χ2v) is 7.10. The number of pyridine rings is 1. The molecule has 0 amide bonds. The molecule has 5 nitrogen and oxygen atoms in total. The van der Waals surface area contributed by atoms with Crippen LogP contribution >= 0.6 is 11.8 Å². The summed E-state index contributed by atoms with van der Waals surface area (Å²) in [5.41, 5.74) is 3.31. The third-order valence-corrected chi connectivity index (χ3v) is 5.41. The van der Waals surface area contributed by atoms with Crippen molar-refractivity contribution in [2.45, 2.75) is 31.0 Å². The zero-order chi connectivity index (χ0) is 17.1. The Hall–Kier alpha value is -2.18. The van der Waals surface area contributed by atoms with Crippen LogP contribution in [0.25, 0.3) is 17.1 Å². The predicted molar refractivity (Wildman–Crippen MR) is 99.0 cm³/mol. The molecule has 2 aromatic heterocycles. The van der Waals surface area contributed by atoms with Gasteiger partial charge in [0, 0.05) is 30.3 Å². The molecular weight excluding hydrogens is 332 g/mol. The number of ether oxygens (including phenoxy) is 1. The second-order valence-electron chi connectivity index (χ2n) is 6.11. The number of para-hydroxylation sites is 1. The molecule has 1 saturated heterocycles. The number of aromatic nitrogens is 4. The van der Waals surface area contributed by atoms with E-state index < -0.39 is 0 Å². The maximum atomic E-state index is 5.75. The van der Waals surface area contributed by atoms with Gasteiger partial charge in [0.1, 0.15) is 0 Å². The van der Waals surface area contributed by atoms with E-state index in [4.69, 9.17) is 4.74 Å². The van der Waals surface area contributed by atoms with Crippen LogP contribution in [-0.4, -0.2) is 38.2 Å². The van der Waals surface area contributed by atoms with E-state index in [0.717, 1.165) is 47.4 Å². The molecule has 0 aliphatic carbocycles. The smallest absolute Gasteiger partial charge is 0.196 e. The first-order valence-electron chi connectivity index (χ1n) is 8.49. The number of thioether (sulfide) groups is 1. The molecule has 0 bridgehead atoms. The first-order chi connectivity index (χ1) is 12.3. The van der Waals surface area contributed by atoms with Crippen molar-refractivity contribution in [2.24, 2.45) is 0 Å². The van der Waals surface area contributed by atoms with Crippen molar-refractivity contribution >= 4 is 11.8 Å². The summed E-state index contributed by atoms with van der Waals surface area (Å²) in [4.78, 5) is 4.11. The number of hydrogen-bond acceptors (Lipinski definition) is 5. The van der Waals surface area contributed by atoms with E-state index in [-0.39, 0.29) is 0 Å². The van der Waals surface area contributed by atoms with E-state index in [9.17, 15) is 0 Å². The molecule has 0 saturated carbocycles. The summed E-state index contributed by atoms with van der Waals surface area (Å²) in [7, 11) is 0. The molecule has 128 valence electrons. The number of nitrogens with zero attached hydrogens (tertiary/aromatic N) is 4. The molecule has 0 spiro atoms. The maximum absolute atomic E-state index is 5.75. The van der Waals surface area contributed by atoms with Gasteiger partial charge < -0.3 is 4.74 Å². The van der Waals surface area contributed by atoms with Crippen LogP contribution in [0.4, 0.5) is 0 Å². The van der Waals surface area contributed by atoms with Crippen molar-refractivity contribution in [3.63, 3.8) is 0 Å². The monoisotopic (exact) mass is 352 g/mol. The van der Waals surface area contributed by atoms with Gasteiger partial charge in [0.2, 0.25) is 0 Å². The molecule has 1 aromatic carbocycles. The molecule has 4 rings (SSSR count). The van der Waals surface area contributed by atoms with Crippen LogP contribution < -0.4 is 0 Å². The first kappa shape index (κ1) is 16.3. The minimum Gasteiger partial charge on any atom is -0.377 e. The van der Waals surface area contributed by atoms with Crippen molar-refractivity contribution in [2.75, 3.05) is 12.4 Å². The molecule has 1 atom stereocenters. The molecular formula is C19H20N4OS. The van der Waals surface area contributed by atoms with Gasteiger partial charge in [0.05, 0.1) is 11.8 Å². The van der Waals surface area contributed by atoms with E-state index in [0.29, 0.717) is 6.10 Å². The summed E-state index contributed by atoms with van der Waals surface area (Å²) >= 11 is 1.71. The molecule has 1 unspecified atom stereocenters. The highest BCUT2D eigenvalue weighted by Gasteiger charge is 2.21. The van der Waals surface area contributed by atoms with Gasteiger partial charge in [0.25, 0.3) is 0 Å². The molecule has 1 aliphatic heterocycles. The van der Waals surface area contributed by atoms with Gasteiger partial charge in [-0.3, -0.25) is 9.55 Å². The summed E-state index contributed by atoms with van der Waals surface area (Å²) in [6.45, 7) is 2.98. The lowest BCUT2D eigenvalue weighted by molar-refractivity contribution is 0.129. The number of benzene rings is 1. The van der Waals surface area contributed by atoms with E-state index in [1.807, 2.05) is 18.2 Å². The molecule has 0 N–H and O–H groups in total. The molecule has 1 fully saturated rings. The number of rotatable bonds is 5. The Kier molecular flexibility index (Phi) is 4.81. The van der Waals surface area contributed by atoms with E-state index in [1.165, 1.54) is 5.56 Å². The van der Waals surface area contributed by atoms with Crippen LogP contribution in [0.15, 0.2) is 53.9 Å². The lowest BCUT2D eigenvalue weighted by atomic mass is 10.2. The summed E-state index contributed by atoms with van der Waals surface area (Å²) in [6, 6.07) is 12.3. The highest BCUT2D eigenvalue weighted by molar-refractivity contribution is 7.99. The summed E-state index contributed by atoms with van der Waals surface area (Å²) in [5, 5.41) is 9.84. The van der Waals surface area contributed by atoms with Gasteiger partial charge in [-0.05, 0) is 43.5 Å². The Bertz CT molecular complexity index is 844. The maximum Gasteiger partial charge on any atom is 0.196 e. The highest BCUT2D eigenvalue weighted by atomic mass is 32.2. The fourth-order valence-electron chi connectivity index (χ4n) is 3.03. The molecule has 1 aliphatic rings. The molecule has 25 heavy (non-hydrogen) atoms. The van der Waals surface area contributed by atoms with Crippen LogP contribution in [0.2, 0.25) is 0 Å². The first-order valence-corrected chi connectivity index (χ1v) is 9.48. The quantitative estimate of drug-likeness (QED) is 0.652. The lowest BCUT2D eigenvalue weighted by Gasteiger charge is -2.14. The van der Waals surface area contributed by atoms with E-state index in [2.05, 4.69) is 44.9 Å². The summed E-state index contributed by atoms with van der Waals surface area (Å²) in [6.07, 6.45) is 6.16. The lowest BCUT2D eigenvalue weighted by Crippen LogP contribution is -2.09. The number of hydrogen-bond donors (Lipinski definition) is 0. The average molecular weight is 352 g/mol. The Morgan fingerprint density at radius 1 is 1.16 bits per heavy atom. The fourth-order valence-corrected chi connectivity index (χ4v) is 4.04. The average Bonchev–Trinajstić information content (AvgIpc) is 3.31.